The SMILES string of the molecule is Oc1c(F)cc(-c2ccc3nccc(NC4CCC(N5CC[C@@H](F)C5)CC4)c3c2)cc1Cl. The minimum absolute atomic E-state index is 0.0153. The quantitative estimate of drug-likeness (QED) is 0.492. The van der Waals surface area contributed by atoms with Gasteiger partial charge in [0.15, 0.2) is 11.6 Å². The molecule has 0 unspecified atom stereocenters. The zero-order chi connectivity index (χ0) is 22.2. The summed E-state index contributed by atoms with van der Waals surface area (Å²) in [7, 11) is 0. The Hall–Kier alpha value is -2.44. The molecule has 2 heterocycles. The molecule has 1 aromatic heterocycles. The van der Waals surface area contributed by atoms with Gasteiger partial charge in [-0.15, -0.1) is 0 Å². The number of alkyl halides is 1. The zero-order valence-electron chi connectivity index (χ0n) is 17.7. The number of phenolic OH excluding ortho intramolecular Hbond substituents is 1. The molecule has 2 aromatic carbocycles. The maximum absolute atomic E-state index is 14.0. The van der Waals surface area contributed by atoms with Gasteiger partial charge >= 0.3 is 0 Å². The summed E-state index contributed by atoms with van der Waals surface area (Å²) in [5.41, 5.74) is 3.24. The molecule has 1 aliphatic carbocycles. The van der Waals surface area contributed by atoms with Crippen LogP contribution in [0.2, 0.25) is 5.02 Å². The monoisotopic (exact) mass is 457 g/mol. The lowest BCUT2D eigenvalue weighted by atomic mass is 9.90. The van der Waals surface area contributed by atoms with Crippen LogP contribution in [0.4, 0.5) is 14.5 Å². The van der Waals surface area contributed by atoms with Gasteiger partial charge in [0.25, 0.3) is 0 Å². The van der Waals surface area contributed by atoms with Gasteiger partial charge in [0, 0.05) is 42.4 Å². The number of halogens is 3. The third-order valence-corrected chi connectivity index (χ3v) is 7.11. The smallest absolute Gasteiger partial charge is 0.170 e. The molecule has 32 heavy (non-hydrogen) atoms. The number of rotatable bonds is 4. The van der Waals surface area contributed by atoms with Gasteiger partial charge in [0.2, 0.25) is 0 Å². The number of hydrogen-bond donors (Lipinski definition) is 2. The lowest BCUT2D eigenvalue weighted by molar-refractivity contribution is 0.173. The highest BCUT2D eigenvalue weighted by Crippen LogP contribution is 2.35. The summed E-state index contributed by atoms with van der Waals surface area (Å²) in [5.74, 6) is -1.28. The molecule has 2 N–H and O–H groups in total. The number of nitrogens with one attached hydrogen (secondary N) is 1. The van der Waals surface area contributed by atoms with E-state index < -0.39 is 17.7 Å². The highest BCUT2D eigenvalue weighted by Gasteiger charge is 2.31. The Morgan fingerprint density at radius 1 is 1.03 bits per heavy atom. The average Bonchev–Trinajstić information content (AvgIpc) is 3.24. The van der Waals surface area contributed by atoms with Crippen molar-refractivity contribution in [1.29, 1.82) is 0 Å². The molecule has 1 atom stereocenters. The molecule has 1 saturated carbocycles. The molecule has 3 aromatic rings. The van der Waals surface area contributed by atoms with E-state index in [-0.39, 0.29) is 5.02 Å². The Morgan fingerprint density at radius 3 is 2.56 bits per heavy atom. The van der Waals surface area contributed by atoms with E-state index >= 15 is 0 Å². The Labute approximate surface area is 191 Å². The summed E-state index contributed by atoms with van der Waals surface area (Å²) in [5, 5.41) is 14.2. The number of likely N-dealkylation sites (tertiary alicyclic amines) is 1. The molecule has 7 heteroatoms. The van der Waals surface area contributed by atoms with Crippen LogP contribution in [-0.4, -0.2) is 46.3 Å². The van der Waals surface area contributed by atoms with Crippen LogP contribution in [0, 0.1) is 5.82 Å². The number of anilines is 1. The third kappa shape index (κ3) is 4.26. The van der Waals surface area contributed by atoms with E-state index in [2.05, 4.69) is 15.2 Å². The second-order valence-corrected chi connectivity index (χ2v) is 9.32. The first-order chi connectivity index (χ1) is 15.5. The van der Waals surface area contributed by atoms with Crippen LogP contribution >= 0.6 is 11.6 Å². The summed E-state index contributed by atoms with van der Waals surface area (Å²) in [6, 6.07) is 11.4. The van der Waals surface area contributed by atoms with E-state index in [0.29, 0.717) is 30.6 Å². The minimum Gasteiger partial charge on any atom is -0.504 e. The summed E-state index contributed by atoms with van der Waals surface area (Å²) in [6.45, 7) is 1.46. The fraction of sp³-hybridized carbons (Fsp3) is 0.400. The van der Waals surface area contributed by atoms with Crippen LogP contribution in [0.1, 0.15) is 32.1 Å². The molecule has 2 aliphatic rings. The maximum Gasteiger partial charge on any atom is 0.170 e. The van der Waals surface area contributed by atoms with Crippen LogP contribution in [-0.2, 0) is 0 Å². The summed E-state index contributed by atoms with van der Waals surface area (Å²) >= 11 is 5.98. The lowest BCUT2D eigenvalue weighted by Crippen LogP contribution is -2.39. The van der Waals surface area contributed by atoms with Gasteiger partial charge in [-0.05, 0) is 73.6 Å². The van der Waals surface area contributed by atoms with Crippen LogP contribution in [0.5, 0.6) is 5.75 Å². The van der Waals surface area contributed by atoms with Crippen molar-refractivity contribution in [1.82, 2.24) is 9.88 Å². The van der Waals surface area contributed by atoms with Crippen LogP contribution in [0.15, 0.2) is 42.6 Å². The summed E-state index contributed by atoms with van der Waals surface area (Å²) in [4.78, 5) is 6.78. The van der Waals surface area contributed by atoms with Crippen LogP contribution in [0.3, 0.4) is 0 Å². The van der Waals surface area contributed by atoms with E-state index in [1.54, 1.807) is 12.3 Å². The number of pyridine rings is 1. The number of aromatic nitrogens is 1. The number of benzene rings is 2. The summed E-state index contributed by atoms with van der Waals surface area (Å²) in [6.07, 6.45) is 6.02. The topological polar surface area (TPSA) is 48.4 Å². The van der Waals surface area contributed by atoms with Crippen molar-refractivity contribution >= 4 is 28.2 Å². The first-order valence-corrected chi connectivity index (χ1v) is 11.6. The molecule has 5 rings (SSSR count). The summed E-state index contributed by atoms with van der Waals surface area (Å²) < 4.78 is 27.6. The Morgan fingerprint density at radius 2 is 1.84 bits per heavy atom. The molecule has 0 radical (unpaired) electrons. The number of aromatic hydroxyl groups is 1. The standard InChI is InChI=1S/C25H26ClF2N3O/c26-21-12-16(13-22(28)25(21)32)15-1-6-23-20(11-15)24(7-9-29-23)30-18-2-4-19(5-3-18)31-10-8-17(27)14-31/h1,6-7,9,11-13,17-19,32H,2-5,8,10,14H2,(H,29,30)/t17-,18?,19?/m1/s1. The number of hydrogen-bond acceptors (Lipinski definition) is 4. The van der Waals surface area contributed by atoms with Crippen molar-refractivity contribution in [2.24, 2.45) is 0 Å². The average molecular weight is 458 g/mol. The molecule has 1 saturated heterocycles. The molecular weight excluding hydrogens is 432 g/mol. The van der Waals surface area contributed by atoms with E-state index in [4.69, 9.17) is 11.6 Å². The maximum atomic E-state index is 14.0. The first kappa shape index (κ1) is 21.4. The Bertz CT molecular complexity index is 1110. The van der Waals surface area contributed by atoms with Gasteiger partial charge in [-0.2, -0.15) is 0 Å². The van der Waals surface area contributed by atoms with Crippen LogP contribution < -0.4 is 5.32 Å². The fourth-order valence-electron chi connectivity index (χ4n) is 5.06. The van der Waals surface area contributed by atoms with Crippen molar-refractivity contribution < 1.29 is 13.9 Å². The number of fused-ring (bicyclic) bond motifs is 1. The minimum atomic E-state index is -0.744. The lowest BCUT2D eigenvalue weighted by Gasteiger charge is -2.35. The second kappa shape index (κ2) is 8.83. The largest absolute Gasteiger partial charge is 0.504 e. The number of nitrogens with zero attached hydrogens (tertiary/aromatic N) is 2. The molecule has 168 valence electrons. The molecule has 0 spiro atoms. The van der Waals surface area contributed by atoms with Crippen molar-refractivity contribution in [3.05, 3.63) is 53.4 Å². The molecular formula is C25H26ClF2N3O. The van der Waals surface area contributed by atoms with Crippen LogP contribution in [0.25, 0.3) is 22.0 Å². The molecule has 4 nitrogen and oxygen atoms in total. The highest BCUT2D eigenvalue weighted by atomic mass is 35.5. The van der Waals surface area contributed by atoms with E-state index in [1.165, 1.54) is 6.07 Å². The van der Waals surface area contributed by atoms with Crippen molar-refractivity contribution in [2.45, 2.75) is 50.4 Å². The normalized spacial score (nSPS) is 24.2. The highest BCUT2D eigenvalue weighted by molar-refractivity contribution is 6.32. The van der Waals surface area contributed by atoms with E-state index in [0.717, 1.165) is 54.4 Å². The van der Waals surface area contributed by atoms with Crippen molar-refractivity contribution in [3.8, 4) is 16.9 Å². The molecule has 0 amide bonds. The molecule has 0 bridgehead atoms. The van der Waals surface area contributed by atoms with Gasteiger partial charge in [-0.25, -0.2) is 8.78 Å². The predicted octanol–water partition coefficient (Wildman–Crippen LogP) is 6.17. The van der Waals surface area contributed by atoms with Gasteiger partial charge in [-0.3, -0.25) is 9.88 Å². The fourth-order valence-corrected chi connectivity index (χ4v) is 5.27. The number of phenols is 1. The predicted molar refractivity (Wildman–Crippen MR) is 125 cm³/mol. The Kier molecular flexibility index (Phi) is 5.91. The molecule has 2 fully saturated rings. The first-order valence-electron chi connectivity index (χ1n) is 11.2. The van der Waals surface area contributed by atoms with E-state index in [9.17, 15) is 13.9 Å². The van der Waals surface area contributed by atoms with Gasteiger partial charge in [0.1, 0.15) is 6.17 Å². The van der Waals surface area contributed by atoms with Gasteiger partial charge in [-0.1, -0.05) is 17.7 Å². The third-order valence-electron chi connectivity index (χ3n) is 6.83. The van der Waals surface area contributed by atoms with Crippen molar-refractivity contribution in [2.75, 3.05) is 18.4 Å². The second-order valence-electron chi connectivity index (χ2n) is 8.91. The molecule has 1 aliphatic heterocycles. The van der Waals surface area contributed by atoms with Gasteiger partial charge in [0.05, 0.1) is 10.5 Å². The Balaban J connectivity index is 1.35. The van der Waals surface area contributed by atoms with Crippen molar-refractivity contribution in [3.63, 3.8) is 0 Å². The van der Waals surface area contributed by atoms with Gasteiger partial charge < -0.3 is 10.4 Å². The van der Waals surface area contributed by atoms with E-state index in [1.807, 2.05) is 24.3 Å². The zero-order valence-corrected chi connectivity index (χ0v) is 18.5.